The molecule has 3 aliphatic rings. The van der Waals surface area contributed by atoms with Gasteiger partial charge in [-0.2, -0.15) is 8.42 Å². The van der Waals surface area contributed by atoms with E-state index in [2.05, 4.69) is 15.6 Å². The lowest BCUT2D eigenvalue weighted by Gasteiger charge is -2.36. The van der Waals surface area contributed by atoms with Gasteiger partial charge >= 0.3 is 16.4 Å². The van der Waals surface area contributed by atoms with Gasteiger partial charge < -0.3 is 34.5 Å². The van der Waals surface area contributed by atoms with Crippen LogP contribution in [0.15, 0.2) is 30.5 Å². The van der Waals surface area contributed by atoms with Crippen molar-refractivity contribution in [3.8, 4) is 11.6 Å². The molecule has 5 atom stereocenters. The number of nitrogens with zero attached hydrogens (tertiary/aromatic N) is 2. The van der Waals surface area contributed by atoms with Crippen molar-refractivity contribution >= 4 is 44.9 Å². The third kappa shape index (κ3) is 9.34. The topological polar surface area (TPSA) is 201 Å². The summed E-state index contributed by atoms with van der Waals surface area (Å²) in [5.74, 6) is -1.62. The minimum absolute atomic E-state index is 0.00221. The molecule has 1 aromatic carbocycles. The molecule has 17 heteroatoms. The molecule has 1 saturated heterocycles. The Kier molecular flexibility index (Phi) is 11.5. The number of likely N-dealkylation sites (tertiary alicyclic amines) is 1. The number of rotatable bonds is 15. The molecular formula is C37H53N5O11S. The van der Waals surface area contributed by atoms with Crippen molar-refractivity contribution in [3.63, 3.8) is 0 Å². The van der Waals surface area contributed by atoms with Crippen molar-refractivity contribution in [1.29, 1.82) is 0 Å². The number of carbonyl (C=O) groups excluding carboxylic acids is 4. The van der Waals surface area contributed by atoms with E-state index in [9.17, 15) is 27.6 Å². The molecular weight excluding hydrogens is 722 g/mol. The second-order valence-corrected chi connectivity index (χ2v) is 17.7. The molecule has 5 rings (SSSR count). The van der Waals surface area contributed by atoms with E-state index in [-0.39, 0.29) is 37.8 Å². The fraction of sp³-hybridized carbons (Fsp3) is 0.649. The number of aromatic nitrogens is 1. The second kappa shape index (κ2) is 15.1. The number of amides is 4. The highest BCUT2D eigenvalue weighted by Crippen LogP contribution is 2.47. The standard InChI is InChI=1S/C37H53N5O11S/c1-10-23-19-37(23,32(45)41-54(47,48)53-36(7)14-15-36)40-29(43)27-18-25(51-30-26-12-11-24(50-9)17-22(26)13-16-38-30)20-42(27)31(44)28(34(2,3)4)39-33(46)52-35(5,6)21-49-8/h11-13,16-17,23,25,27-28H,10,14-15,18-21H2,1-9H3,(H,39,46)(H,40,43)(H,41,45)/t23-,25-,27+,28-,37-/m1/s1. The van der Waals surface area contributed by atoms with Crippen molar-refractivity contribution in [1.82, 2.24) is 25.2 Å². The third-order valence-corrected chi connectivity index (χ3v) is 11.2. The van der Waals surface area contributed by atoms with Gasteiger partial charge in [0.15, 0.2) is 0 Å². The van der Waals surface area contributed by atoms with E-state index in [4.69, 9.17) is 23.1 Å². The Bertz CT molecular complexity index is 1880. The van der Waals surface area contributed by atoms with Crippen molar-refractivity contribution in [2.75, 3.05) is 27.4 Å². The average molecular weight is 776 g/mol. The maximum absolute atomic E-state index is 14.6. The van der Waals surface area contributed by atoms with Gasteiger partial charge in [-0.05, 0) is 81.0 Å². The average Bonchev–Trinajstić information content (AvgIpc) is 3.94. The lowest BCUT2D eigenvalue weighted by atomic mass is 9.85. The van der Waals surface area contributed by atoms with Crippen LogP contribution in [0.25, 0.3) is 10.8 Å². The van der Waals surface area contributed by atoms with Crippen LogP contribution in [-0.4, -0.2) is 104 Å². The molecule has 1 aromatic heterocycles. The minimum atomic E-state index is -4.46. The van der Waals surface area contributed by atoms with Gasteiger partial charge in [0.2, 0.25) is 17.7 Å². The van der Waals surface area contributed by atoms with Gasteiger partial charge in [-0.1, -0.05) is 34.1 Å². The number of ether oxygens (including phenoxy) is 4. The summed E-state index contributed by atoms with van der Waals surface area (Å²) < 4.78 is 55.2. The van der Waals surface area contributed by atoms with Crippen molar-refractivity contribution in [2.45, 2.75) is 115 Å². The maximum Gasteiger partial charge on any atom is 0.408 e. The molecule has 2 aliphatic carbocycles. The van der Waals surface area contributed by atoms with Crippen LogP contribution >= 0.6 is 0 Å². The molecule has 2 saturated carbocycles. The molecule has 0 unspecified atom stereocenters. The number of pyridine rings is 1. The van der Waals surface area contributed by atoms with Gasteiger partial charge in [0.05, 0.1) is 25.9 Å². The zero-order valence-corrected chi connectivity index (χ0v) is 33.3. The highest BCUT2D eigenvalue weighted by Gasteiger charge is 2.62. The number of alkyl carbamates (subject to hydrolysis) is 1. The Morgan fingerprint density at radius 2 is 1.78 bits per heavy atom. The Labute approximate surface area is 316 Å². The van der Waals surface area contributed by atoms with Gasteiger partial charge in [-0.25, -0.2) is 18.7 Å². The monoisotopic (exact) mass is 775 g/mol. The molecule has 1 aliphatic heterocycles. The summed E-state index contributed by atoms with van der Waals surface area (Å²) in [7, 11) is -1.42. The van der Waals surface area contributed by atoms with E-state index in [1.807, 2.05) is 17.7 Å². The first-order valence-electron chi connectivity index (χ1n) is 18.1. The normalized spacial score (nSPS) is 23.9. The summed E-state index contributed by atoms with van der Waals surface area (Å²) in [6.45, 7) is 12.1. The Balaban J connectivity index is 1.43. The summed E-state index contributed by atoms with van der Waals surface area (Å²) in [6.07, 6.45) is 1.72. The van der Waals surface area contributed by atoms with Crippen LogP contribution in [0.1, 0.15) is 80.6 Å². The highest BCUT2D eigenvalue weighted by atomic mass is 32.2. The number of hydrogen-bond donors (Lipinski definition) is 3. The van der Waals surface area contributed by atoms with Crippen LogP contribution < -0.4 is 24.8 Å². The number of methoxy groups -OCH3 is 2. The highest BCUT2D eigenvalue weighted by molar-refractivity contribution is 7.85. The molecule has 2 heterocycles. The predicted octanol–water partition coefficient (Wildman–Crippen LogP) is 3.37. The largest absolute Gasteiger partial charge is 0.497 e. The smallest absolute Gasteiger partial charge is 0.408 e. The minimum Gasteiger partial charge on any atom is -0.497 e. The lowest BCUT2D eigenvalue weighted by molar-refractivity contribution is -0.143. The van der Waals surface area contributed by atoms with Crippen LogP contribution in [0.5, 0.6) is 11.6 Å². The fourth-order valence-electron chi connectivity index (χ4n) is 6.84. The van der Waals surface area contributed by atoms with E-state index < -0.39 is 74.5 Å². The van der Waals surface area contributed by atoms with Gasteiger partial charge in [-0.15, -0.1) is 0 Å². The number of nitrogens with one attached hydrogen (secondary N) is 3. The van der Waals surface area contributed by atoms with E-state index in [0.29, 0.717) is 30.4 Å². The van der Waals surface area contributed by atoms with Crippen molar-refractivity contribution in [2.24, 2.45) is 11.3 Å². The van der Waals surface area contributed by atoms with Crippen molar-refractivity contribution in [3.05, 3.63) is 30.5 Å². The molecule has 3 fully saturated rings. The molecule has 3 N–H and O–H groups in total. The molecule has 2 aromatic rings. The van der Waals surface area contributed by atoms with Gasteiger partial charge in [0, 0.05) is 25.1 Å². The van der Waals surface area contributed by atoms with Crippen LogP contribution in [0.4, 0.5) is 4.79 Å². The Hall–Kier alpha value is -4.22. The Morgan fingerprint density at radius 1 is 1.07 bits per heavy atom. The van der Waals surface area contributed by atoms with E-state index in [1.54, 1.807) is 73.0 Å². The molecule has 16 nitrogen and oxygen atoms in total. The number of benzene rings is 1. The first kappa shape index (κ1) is 41.0. The SMILES string of the molecule is CC[C@@H]1C[C@]1(NC(=O)[C@@H]1C[C@@H](Oc2nccc3cc(OC)ccc23)CN1C(=O)[C@@H](NC(=O)OC(C)(C)COC)C(C)(C)C)C(=O)NS(=O)(=O)OC1(C)CC1. The number of hydrogen-bond acceptors (Lipinski definition) is 12. The zero-order valence-electron chi connectivity index (χ0n) is 32.4. The lowest BCUT2D eigenvalue weighted by Crippen LogP contribution is -2.60. The van der Waals surface area contributed by atoms with Crippen LogP contribution in [0.3, 0.4) is 0 Å². The quantitative estimate of drug-likeness (QED) is 0.239. The number of carbonyl (C=O) groups is 4. The first-order chi connectivity index (χ1) is 25.1. The molecule has 0 radical (unpaired) electrons. The maximum atomic E-state index is 14.6. The predicted molar refractivity (Wildman–Crippen MR) is 197 cm³/mol. The van der Waals surface area contributed by atoms with E-state index in [0.717, 1.165) is 5.39 Å². The third-order valence-electron chi connectivity index (χ3n) is 10.1. The summed E-state index contributed by atoms with van der Waals surface area (Å²) in [5.41, 5.74) is -4.27. The van der Waals surface area contributed by atoms with Crippen molar-refractivity contribution < 1.29 is 50.7 Å². The molecule has 298 valence electrons. The first-order valence-corrected chi connectivity index (χ1v) is 19.5. The summed E-state index contributed by atoms with van der Waals surface area (Å²) in [6, 6.07) is 4.87. The van der Waals surface area contributed by atoms with Crippen LogP contribution in [-0.2, 0) is 38.3 Å². The molecule has 4 amide bonds. The summed E-state index contributed by atoms with van der Waals surface area (Å²) in [5, 5.41) is 7.00. The Morgan fingerprint density at radius 3 is 2.37 bits per heavy atom. The van der Waals surface area contributed by atoms with Crippen LogP contribution in [0.2, 0.25) is 0 Å². The summed E-state index contributed by atoms with van der Waals surface area (Å²) in [4.78, 5) is 61.4. The molecule has 0 bridgehead atoms. The van der Waals surface area contributed by atoms with E-state index >= 15 is 0 Å². The zero-order chi connectivity index (χ0) is 39.9. The molecule has 54 heavy (non-hydrogen) atoms. The van der Waals surface area contributed by atoms with Gasteiger partial charge in [0.25, 0.3) is 5.91 Å². The van der Waals surface area contributed by atoms with Gasteiger partial charge in [-0.3, -0.25) is 14.4 Å². The van der Waals surface area contributed by atoms with Gasteiger partial charge in [0.1, 0.15) is 35.1 Å². The second-order valence-electron chi connectivity index (χ2n) is 16.4. The fourth-order valence-corrected chi connectivity index (χ4v) is 7.98. The number of fused-ring (bicyclic) bond motifs is 1. The van der Waals surface area contributed by atoms with Crippen LogP contribution in [0, 0.1) is 11.3 Å². The summed E-state index contributed by atoms with van der Waals surface area (Å²) >= 11 is 0. The molecule has 0 spiro atoms. The van der Waals surface area contributed by atoms with E-state index in [1.165, 1.54) is 12.0 Å².